The Hall–Kier alpha value is -2.40. The van der Waals surface area contributed by atoms with Crippen LogP contribution >= 0.6 is 0 Å². The van der Waals surface area contributed by atoms with Gasteiger partial charge in [0.2, 0.25) is 5.91 Å². The highest BCUT2D eigenvalue weighted by Crippen LogP contribution is 2.59. The summed E-state index contributed by atoms with van der Waals surface area (Å²) in [6.07, 6.45) is 0.454. The van der Waals surface area contributed by atoms with E-state index in [1.165, 1.54) is 11.6 Å². The van der Waals surface area contributed by atoms with E-state index in [-0.39, 0.29) is 34.9 Å². The lowest BCUT2D eigenvalue weighted by molar-refractivity contribution is -0.123. The maximum Gasteiger partial charge on any atom is 0.224 e. The standard InChI is InChI=1S/C23H29FN2O2/c1-15-21(23(15,2)17-8-6-5-7-9-17)22(28)25-14-18(26(3)4)12-16-10-11-19(27)13-20(16)24/h5-11,13,15,18,21,27H,12,14H2,1-4H3,(H,25,28)/t15?,18-,21?,23-/m0/s1. The zero-order valence-corrected chi connectivity index (χ0v) is 16.9. The fourth-order valence-corrected chi connectivity index (χ4v) is 4.19. The summed E-state index contributed by atoms with van der Waals surface area (Å²) >= 11 is 0. The summed E-state index contributed by atoms with van der Waals surface area (Å²) in [5.74, 6) is -0.230. The maximum atomic E-state index is 14.1. The van der Waals surface area contributed by atoms with Crippen LogP contribution in [0.1, 0.15) is 25.0 Å². The molecule has 0 radical (unpaired) electrons. The lowest BCUT2D eigenvalue weighted by atomic mass is 9.94. The van der Waals surface area contributed by atoms with Crippen molar-refractivity contribution in [2.45, 2.75) is 31.7 Å². The third kappa shape index (κ3) is 3.90. The van der Waals surface area contributed by atoms with Crippen LogP contribution < -0.4 is 5.32 Å². The summed E-state index contributed by atoms with van der Waals surface area (Å²) in [5, 5.41) is 12.5. The molecule has 1 aliphatic rings. The van der Waals surface area contributed by atoms with Crippen molar-refractivity contribution in [1.29, 1.82) is 0 Å². The molecule has 150 valence electrons. The zero-order valence-electron chi connectivity index (χ0n) is 16.9. The number of nitrogens with zero attached hydrogens (tertiary/aromatic N) is 1. The monoisotopic (exact) mass is 384 g/mol. The van der Waals surface area contributed by atoms with Crippen molar-refractivity contribution in [3.63, 3.8) is 0 Å². The van der Waals surface area contributed by atoms with Gasteiger partial charge in [-0.05, 0) is 43.6 Å². The summed E-state index contributed by atoms with van der Waals surface area (Å²) < 4.78 is 14.1. The average molecular weight is 384 g/mol. The molecule has 0 bridgehead atoms. The fraction of sp³-hybridized carbons (Fsp3) is 0.435. The number of benzene rings is 2. The topological polar surface area (TPSA) is 52.6 Å². The van der Waals surface area contributed by atoms with Gasteiger partial charge in [0.1, 0.15) is 11.6 Å². The number of nitrogens with one attached hydrogen (secondary N) is 1. The number of aromatic hydroxyl groups is 1. The Bertz CT molecular complexity index is 840. The zero-order chi connectivity index (χ0) is 20.5. The SMILES string of the molecule is CC1C(C(=O)NC[C@H](Cc2ccc(O)cc2F)N(C)C)[C@]1(C)c1ccccc1. The van der Waals surface area contributed by atoms with Crippen molar-refractivity contribution >= 4 is 5.91 Å². The van der Waals surface area contributed by atoms with Crippen molar-refractivity contribution in [3.8, 4) is 5.75 Å². The second kappa shape index (κ2) is 7.92. The van der Waals surface area contributed by atoms with Crippen molar-refractivity contribution < 1.29 is 14.3 Å². The number of phenols is 1. The Morgan fingerprint density at radius 2 is 1.93 bits per heavy atom. The predicted molar refractivity (Wildman–Crippen MR) is 109 cm³/mol. The highest BCUT2D eigenvalue weighted by Gasteiger charge is 2.62. The van der Waals surface area contributed by atoms with Crippen LogP contribution in [-0.2, 0) is 16.6 Å². The number of hydrogen-bond acceptors (Lipinski definition) is 3. The van der Waals surface area contributed by atoms with E-state index in [2.05, 4.69) is 31.3 Å². The van der Waals surface area contributed by atoms with E-state index in [1.807, 2.05) is 37.2 Å². The van der Waals surface area contributed by atoms with Gasteiger partial charge in [0.05, 0.1) is 5.92 Å². The molecule has 4 nitrogen and oxygen atoms in total. The molecule has 4 atom stereocenters. The molecule has 5 heteroatoms. The van der Waals surface area contributed by atoms with Gasteiger partial charge in [0, 0.05) is 24.1 Å². The molecular weight excluding hydrogens is 355 g/mol. The van der Waals surface area contributed by atoms with Crippen LogP contribution in [0.15, 0.2) is 48.5 Å². The summed E-state index contributed by atoms with van der Waals surface area (Å²) in [4.78, 5) is 14.8. The Morgan fingerprint density at radius 3 is 2.54 bits per heavy atom. The molecule has 28 heavy (non-hydrogen) atoms. The molecule has 1 saturated carbocycles. The van der Waals surface area contributed by atoms with Crippen LogP contribution in [0.3, 0.4) is 0 Å². The largest absolute Gasteiger partial charge is 0.508 e. The van der Waals surface area contributed by atoms with E-state index in [9.17, 15) is 14.3 Å². The van der Waals surface area contributed by atoms with Gasteiger partial charge in [-0.2, -0.15) is 0 Å². The Morgan fingerprint density at radius 1 is 1.25 bits per heavy atom. The first-order valence-electron chi connectivity index (χ1n) is 9.72. The number of carbonyl (C=O) groups is 1. The van der Waals surface area contributed by atoms with E-state index in [4.69, 9.17) is 0 Å². The van der Waals surface area contributed by atoms with Crippen LogP contribution in [0.2, 0.25) is 0 Å². The third-order valence-corrected chi connectivity index (χ3v) is 6.40. The number of carbonyl (C=O) groups excluding carboxylic acids is 1. The minimum atomic E-state index is -0.425. The van der Waals surface area contributed by atoms with Gasteiger partial charge in [0.15, 0.2) is 0 Å². The number of phenolic OH excluding ortho intramolecular Hbond substituents is 1. The van der Waals surface area contributed by atoms with Gasteiger partial charge in [-0.25, -0.2) is 4.39 Å². The molecule has 2 N–H and O–H groups in total. The highest BCUT2D eigenvalue weighted by atomic mass is 19.1. The van der Waals surface area contributed by atoms with Gasteiger partial charge >= 0.3 is 0 Å². The Kier molecular flexibility index (Phi) is 5.75. The van der Waals surface area contributed by atoms with Crippen LogP contribution in [-0.4, -0.2) is 42.6 Å². The second-order valence-electron chi connectivity index (χ2n) is 8.26. The molecule has 1 amide bonds. The molecule has 0 saturated heterocycles. The summed E-state index contributed by atoms with van der Waals surface area (Å²) in [7, 11) is 3.84. The quantitative estimate of drug-likeness (QED) is 0.770. The summed E-state index contributed by atoms with van der Waals surface area (Å²) in [6, 6.07) is 14.3. The normalized spacial score (nSPS) is 24.8. The van der Waals surface area contributed by atoms with Crippen LogP contribution in [0.4, 0.5) is 4.39 Å². The number of rotatable bonds is 7. The second-order valence-corrected chi connectivity index (χ2v) is 8.26. The summed E-state index contributed by atoms with van der Waals surface area (Å²) in [5.41, 5.74) is 1.58. The highest BCUT2D eigenvalue weighted by molar-refractivity contribution is 5.85. The minimum Gasteiger partial charge on any atom is -0.508 e. The van der Waals surface area contributed by atoms with Gasteiger partial charge in [0.25, 0.3) is 0 Å². The van der Waals surface area contributed by atoms with Gasteiger partial charge in [-0.15, -0.1) is 0 Å². The lowest BCUT2D eigenvalue weighted by Crippen LogP contribution is -2.42. The molecule has 2 aromatic rings. The molecule has 1 fully saturated rings. The lowest BCUT2D eigenvalue weighted by Gasteiger charge is -2.25. The number of halogens is 1. The molecular formula is C23H29FN2O2. The number of amides is 1. The van der Waals surface area contributed by atoms with Gasteiger partial charge in [-0.1, -0.05) is 50.2 Å². The summed E-state index contributed by atoms with van der Waals surface area (Å²) in [6.45, 7) is 4.71. The van der Waals surface area contributed by atoms with Gasteiger partial charge in [-0.3, -0.25) is 4.79 Å². The molecule has 2 unspecified atom stereocenters. The predicted octanol–water partition coefficient (Wildman–Crippen LogP) is 3.34. The molecule has 0 heterocycles. The fourth-order valence-electron chi connectivity index (χ4n) is 4.19. The van der Waals surface area contributed by atoms with E-state index < -0.39 is 5.82 Å². The van der Waals surface area contributed by atoms with E-state index in [1.54, 1.807) is 6.07 Å². The number of hydrogen-bond donors (Lipinski definition) is 2. The first kappa shape index (κ1) is 20.3. The van der Waals surface area contributed by atoms with Crippen molar-refractivity contribution in [3.05, 3.63) is 65.5 Å². The first-order chi connectivity index (χ1) is 13.2. The van der Waals surface area contributed by atoms with Crippen LogP contribution in [0, 0.1) is 17.7 Å². The van der Waals surface area contributed by atoms with Crippen LogP contribution in [0.5, 0.6) is 5.75 Å². The third-order valence-electron chi connectivity index (χ3n) is 6.40. The van der Waals surface area contributed by atoms with Crippen LogP contribution in [0.25, 0.3) is 0 Å². The van der Waals surface area contributed by atoms with E-state index in [0.717, 1.165) is 6.07 Å². The molecule has 0 aromatic heterocycles. The Balaban J connectivity index is 1.63. The van der Waals surface area contributed by atoms with Crippen molar-refractivity contribution in [1.82, 2.24) is 10.2 Å². The average Bonchev–Trinajstić information content (AvgIpc) is 3.22. The van der Waals surface area contributed by atoms with Gasteiger partial charge < -0.3 is 15.3 Å². The first-order valence-corrected chi connectivity index (χ1v) is 9.72. The van der Waals surface area contributed by atoms with Crippen molar-refractivity contribution in [2.75, 3.05) is 20.6 Å². The maximum absolute atomic E-state index is 14.1. The number of likely N-dealkylation sites (N-methyl/N-ethyl adjacent to an activating group) is 1. The van der Waals surface area contributed by atoms with E-state index >= 15 is 0 Å². The minimum absolute atomic E-state index is 0.0416. The molecule has 2 aromatic carbocycles. The van der Waals surface area contributed by atoms with E-state index in [0.29, 0.717) is 18.5 Å². The molecule has 0 spiro atoms. The van der Waals surface area contributed by atoms with Crippen molar-refractivity contribution in [2.24, 2.45) is 11.8 Å². The Labute approximate surface area is 166 Å². The molecule has 3 rings (SSSR count). The molecule has 1 aliphatic carbocycles. The molecule has 0 aliphatic heterocycles. The smallest absolute Gasteiger partial charge is 0.224 e.